The first-order valence-electron chi connectivity index (χ1n) is 5.69. The van der Waals surface area contributed by atoms with Gasteiger partial charge >= 0.3 is 0 Å². The molecule has 0 bridgehead atoms. The third kappa shape index (κ3) is 12.0. The van der Waals surface area contributed by atoms with E-state index in [0.29, 0.717) is 6.61 Å². The Morgan fingerprint density at radius 1 is 1.27 bits per heavy atom. The Morgan fingerprint density at radius 3 is 2.47 bits per heavy atom. The highest BCUT2D eigenvalue weighted by atomic mass is 31.1. The van der Waals surface area contributed by atoms with Gasteiger partial charge in [0, 0.05) is 6.42 Å². The lowest BCUT2D eigenvalue weighted by atomic mass is 10.2. The molecule has 0 aliphatic carbocycles. The SMILES string of the molecule is CCCCCC=[P+]([O-])OCC[N+](C)(C)C. The fraction of sp³-hybridized carbons (Fsp3) is 0.909. The minimum absolute atomic E-state index is 0.572. The summed E-state index contributed by atoms with van der Waals surface area (Å²) in [5.41, 5.74) is 0. The molecular weight excluding hydrogens is 209 g/mol. The molecule has 0 fully saturated rings. The second kappa shape index (κ2) is 8.23. The van der Waals surface area contributed by atoms with Gasteiger partial charge in [0.15, 0.2) is 0 Å². The van der Waals surface area contributed by atoms with Crippen LogP contribution < -0.4 is 4.89 Å². The van der Waals surface area contributed by atoms with Gasteiger partial charge < -0.3 is 9.38 Å². The highest BCUT2D eigenvalue weighted by Crippen LogP contribution is 2.13. The molecule has 0 spiro atoms. The number of rotatable bonds is 8. The Hall–Kier alpha value is 0.0500. The fourth-order valence-electron chi connectivity index (χ4n) is 1.05. The lowest BCUT2D eigenvalue weighted by Crippen LogP contribution is -2.37. The van der Waals surface area contributed by atoms with Crippen molar-refractivity contribution in [2.45, 2.75) is 32.6 Å². The van der Waals surface area contributed by atoms with Crippen molar-refractivity contribution in [2.75, 3.05) is 34.3 Å². The van der Waals surface area contributed by atoms with Crippen LogP contribution in [0.1, 0.15) is 32.6 Å². The first-order chi connectivity index (χ1) is 6.95. The van der Waals surface area contributed by atoms with Gasteiger partial charge in [-0.3, -0.25) is 0 Å². The molecule has 90 valence electrons. The second-order valence-corrected chi connectivity index (χ2v) is 6.00. The molecule has 0 N–H and O–H groups in total. The average molecular weight is 234 g/mol. The molecule has 0 aromatic heterocycles. The van der Waals surface area contributed by atoms with Crippen LogP contribution in [0.15, 0.2) is 0 Å². The van der Waals surface area contributed by atoms with Gasteiger partial charge in [-0.05, 0) is 6.42 Å². The van der Waals surface area contributed by atoms with Crippen molar-refractivity contribution in [3.63, 3.8) is 0 Å². The maximum Gasteiger partial charge on any atom is 0.217 e. The van der Waals surface area contributed by atoms with Crippen molar-refractivity contribution >= 4 is 13.8 Å². The quantitative estimate of drug-likeness (QED) is 0.364. The predicted octanol–water partition coefficient (Wildman–Crippen LogP) is 1.76. The van der Waals surface area contributed by atoms with Gasteiger partial charge in [0.2, 0.25) is 8.00 Å². The Kier molecular flexibility index (Phi) is 8.26. The van der Waals surface area contributed by atoms with Crippen molar-refractivity contribution in [1.29, 1.82) is 0 Å². The molecule has 0 rings (SSSR count). The van der Waals surface area contributed by atoms with Crippen LogP contribution in [0.25, 0.3) is 0 Å². The molecule has 0 aliphatic rings. The number of likely N-dealkylation sites (N-methyl/N-ethyl adjacent to an activating group) is 1. The zero-order valence-electron chi connectivity index (χ0n) is 10.5. The van der Waals surface area contributed by atoms with Crippen LogP contribution in [0.5, 0.6) is 0 Å². The van der Waals surface area contributed by atoms with Crippen LogP contribution in [-0.4, -0.2) is 44.6 Å². The standard InChI is InChI=1S/C11H25NO2P/c1-5-6-7-8-11-15(13)14-10-9-12(2,3)4/h11H,5-10H2,1-4H3/q+1. The molecule has 4 heteroatoms. The summed E-state index contributed by atoms with van der Waals surface area (Å²) >= 11 is 0. The topological polar surface area (TPSA) is 32.3 Å². The van der Waals surface area contributed by atoms with Gasteiger partial charge in [-0.15, -0.1) is 0 Å². The monoisotopic (exact) mass is 234 g/mol. The molecule has 0 saturated carbocycles. The van der Waals surface area contributed by atoms with Crippen LogP contribution in [0.3, 0.4) is 0 Å². The van der Waals surface area contributed by atoms with E-state index >= 15 is 0 Å². The van der Waals surface area contributed by atoms with Crippen LogP contribution in [0, 0.1) is 0 Å². The highest BCUT2D eigenvalue weighted by molar-refractivity contribution is 7.44. The van der Waals surface area contributed by atoms with Crippen LogP contribution in [0.4, 0.5) is 0 Å². The summed E-state index contributed by atoms with van der Waals surface area (Å²) in [7, 11) is 4.76. The molecule has 0 amide bonds. The van der Waals surface area contributed by atoms with E-state index in [1.165, 1.54) is 12.8 Å². The van der Waals surface area contributed by atoms with Crippen molar-refractivity contribution in [3.8, 4) is 0 Å². The summed E-state index contributed by atoms with van der Waals surface area (Å²) < 4.78 is 6.08. The van der Waals surface area contributed by atoms with E-state index in [4.69, 9.17) is 4.52 Å². The summed E-state index contributed by atoms with van der Waals surface area (Å²) in [6.07, 6.45) is 4.44. The molecule has 1 atom stereocenters. The second-order valence-electron chi connectivity index (χ2n) is 4.81. The van der Waals surface area contributed by atoms with Crippen molar-refractivity contribution in [2.24, 2.45) is 0 Å². The van der Waals surface area contributed by atoms with Gasteiger partial charge in [-0.25, -0.2) is 0 Å². The summed E-state index contributed by atoms with van der Waals surface area (Å²) in [5, 5.41) is 0. The van der Waals surface area contributed by atoms with Crippen LogP contribution in [-0.2, 0) is 4.52 Å². The lowest BCUT2D eigenvalue weighted by molar-refractivity contribution is -0.870. The van der Waals surface area contributed by atoms with Crippen molar-refractivity contribution in [1.82, 2.24) is 0 Å². The van der Waals surface area contributed by atoms with E-state index in [0.717, 1.165) is 23.9 Å². The fourth-order valence-corrected chi connectivity index (χ4v) is 1.81. The van der Waals surface area contributed by atoms with Gasteiger partial charge in [0.1, 0.15) is 18.9 Å². The van der Waals surface area contributed by atoms with Gasteiger partial charge in [-0.1, -0.05) is 19.8 Å². The van der Waals surface area contributed by atoms with Gasteiger partial charge in [0.05, 0.1) is 21.1 Å². The molecule has 0 aliphatic heterocycles. The lowest BCUT2D eigenvalue weighted by Gasteiger charge is -2.22. The maximum atomic E-state index is 11.4. The first-order valence-corrected chi connectivity index (χ1v) is 6.93. The average Bonchev–Trinajstić information content (AvgIpc) is 2.10. The number of quaternary nitrogens is 1. The molecule has 1 unspecified atom stereocenters. The third-order valence-corrected chi connectivity index (χ3v) is 3.06. The van der Waals surface area contributed by atoms with Crippen molar-refractivity contribution in [3.05, 3.63) is 0 Å². The van der Waals surface area contributed by atoms with E-state index in [-0.39, 0.29) is 0 Å². The zero-order valence-corrected chi connectivity index (χ0v) is 11.4. The minimum Gasteiger partial charge on any atom is -0.603 e. The van der Waals surface area contributed by atoms with Crippen molar-refractivity contribution < 1.29 is 13.9 Å². The normalized spacial score (nSPS) is 13.3. The highest BCUT2D eigenvalue weighted by Gasteiger charge is 2.08. The van der Waals surface area contributed by atoms with Gasteiger partial charge in [0.25, 0.3) is 0 Å². The molecule has 0 saturated heterocycles. The van der Waals surface area contributed by atoms with E-state index in [1.807, 2.05) is 0 Å². The van der Waals surface area contributed by atoms with E-state index in [9.17, 15) is 4.89 Å². The molecule has 3 nitrogen and oxygen atoms in total. The summed E-state index contributed by atoms with van der Waals surface area (Å²) in [5.74, 6) is 1.81. The number of nitrogens with zero attached hydrogens (tertiary/aromatic N) is 1. The Balaban J connectivity index is 3.51. The van der Waals surface area contributed by atoms with Crippen LogP contribution in [0.2, 0.25) is 0 Å². The third-order valence-electron chi connectivity index (χ3n) is 2.07. The summed E-state index contributed by atoms with van der Waals surface area (Å²) in [6.45, 7) is 3.63. The Morgan fingerprint density at radius 2 is 1.93 bits per heavy atom. The predicted molar refractivity (Wildman–Crippen MR) is 66.0 cm³/mol. The first kappa shape index (κ1) is 15.0. The summed E-state index contributed by atoms with van der Waals surface area (Å²) in [4.78, 5) is 11.4. The number of hydrogen-bond donors (Lipinski definition) is 0. The van der Waals surface area contributed by atoms with Crippen LogP contribution >= 0.6 is 8.00 Å². The van der Waals surface area contributed by atoms with E-state index in [1.54, 1.807) is 5.80 Å². The van der Waals surface area contributed by atoms with E-state index < -0.39 is 8.00 Å². The van der Waals surface area contributed by atoms with E-state index in [2.05, 4.69) is 28.1 Å². The van der Waals surface area contributed by atoms with Gasteiger partial charge in [-0.2, -0.15) is 4.52 Å². The molecule has 15 heavy (non-hydrogen) atoms. The molecule has 0 radical (unpaired) electrons. The molecule has 0 heterocycles. The molecule has 0 aromatic carbocycles. The molecular formula is C11H25NO2P+. The Labute approximate surface area is 95.2 Å². The number of hydrogen-bond acceptors (Lipinski definition) is 2. The molecule has 0 aromatic rings. The number of unbranched alkanes of at least 4 members (excludes halogenated alkanes) is 3. The smallest absolute Gasteiger partial charge is 0.217 e. The minimum atomic E-state index is -1.54. The summed E-state index contributed by atoms with van der Waals surface area (Å²) in [6, 6.07) is 0. The largest absolute Gasteiger partial charge is 0.603 e. The zero-order chi connectivity index (χ0) is 11.7. The Bertz CT molecular complexity index is 188. The maximum absolute atomic E-state index is 11.4.